The lowest BCUT2D eigenvalue weighted by Gasteiger charge is -2.20. The van der Waals surface area contributed by atoms with Gasteiger partial charge in [-0.05, 0) is 97.7 Å². The molecule has 0 bridgehead atoms. The van der Waals surface area contributed by atoms with E-state index in [9.17, 15) is 0 Å². The van der Waals surface area contributed by atoms with E-state index >= 15 is 0 Å². The summed E-state index contributed by atoms with van der Waals surface area (Å²) in [7, 11) is 0. The van der Waals surface area contributed by atoms with Gasteiger partial charge in [0.1, 0.15) is 0 Å². The summed E-state index contributed by atoms with van der Waals surface area (Å²) in [5.41, 5.74) is 15.3. The van der Waals surface area contributed by atoms with Crippen molar-refractivity contribution in [3.05, 3.63) is 106 Å². The second kappa shape index (κ2) is 7.95. The van der Waals surface area contributed by atoms with Gasteiger partial charge >= 0.3 is 0 Å². The van der Waals surface area contributed by atoms with E-state index in [-0.39, 0.29) is 0 Å². The Balaban J connectivity index is 2.09. The second-order valence-electron chi connectivity index (χ2n) is 8.60. The number of hydrogen-bond acceptors (Lipinski definition) is 0. The molecule has 0 nitrogen and oxygen atoms in total. The van der Waals surface area contributed by atoms with Crippen molar-refractivity contribution in [3.63, 3.8) is 0 Å². The van der Waals surface area contributed by atoms with E-state index in [1.165, 1.54) is 66.8 Å². The van der Waals surface area contributed by atoms with Gasteiger partial charge in [-0.15, -0.1) is 0 Å². The van der Waals surface area contributed by atoms with Gasteiger partial charge in [-0.3, -0.25) is 0 Å². The highest BCUT2D eigenvalue weighted by Gasteiger charge is 2.18. The highest BCUT2D eigenvalue weighted by atomic mass is 14.2. The van der Waals surface area contributed by atoms with E-state index in [0.717, 1.165) is 0 Å². The molecule has 0 fully saturated rings. The summed E-state index contributed by atoms with van der Waals surface area (Å²) in [6.45, 7) is 13.1. The predicted molar refractivity (Wildman–Crippen MR) is 130 cm³/mol. The lowest BCUT2D eigenvalue weighted by atomic mass is 9.83. The third kappa shape index (κ3) is 3.71. The smallest absolute Gasteiger partial charge is 0.00176 e. The van der Waals surface area contributed by atoms with Crippen molar-refractivity contribution in [2.45, 2.75) is 41.5 Å². The van der Waals surface area contributed by atoms with Gasteiger partial charge in [0, 0.05) is 0 Å². The number of benzene rings is 4. The minimum atomic E-state index is 1.18. The van der Waals surface area contributed by atoms with Crippen molar-refractivity contribution in [1.29, 1.82) is 0 Å². The molecule has 0 aliphatic rings. The Morgan fingerprint density at radius 3 is 1.43 bits per heavy atom. The zero-order chi connectivity index (χ0) is 21.4. The van der Waals surface area contributed by atoms with Crippen molar-refractivity contribution < 1.29 is 0 Å². The van der Waals surface area contributed by atoms with Crippen LogP contribution in [0.25, 0.3) is 33.4 Å². The van der Waals surface area contributed by atoms with Gasteiger partial charge in [0.2, 0.25) is 0 Å². The summed E-state index contributed by atoms with van der Waals surface area (Å²) >= 11 is 0. The van der Waals surface area contributed by atoms with Crippen LogP contribution in [0.5, 0.6) is 0 Å². The molecule has 0 unspecified atom stereocenters. The van der Waals surface area contributed by atoms with Crippen LogP contribution in [0.2, 0.25) is 0 Å². The molecule has 1 radical (unpaired) electrons. The Bertz CT molecular complexity index is 1170. The van der Waals surface area contributed by atoms with Gasteiger partial charge in [0.05, 0.1) is 0 Å². The third-order valence-corrected chi connectivity index (χ3v) is 5.97. The normalized spacial score (nSPS) is 11.0. The highest BCUT2D eigenvalue weighted by Crippen LogP contribution is 2.43. The van der Waals surface area contributed by atoms with Gasteiger partial charge in [-0.1, -0.05) is 83.4 Å². The summed E-state index contributed by atoms with van der Waals surface area (Å²) in [4.78, 5) is 0. The lowest BCUT2D eigenvalue weighted by Crippen LogP contribution is -1.96. The molecule has 0 saturated heterocycles. The molecular weight excluding hydrogens is 360 g/mol. The van der Waals surface area contributed by atoms with Crippen molar-refractivity contribution >= 4 is 0 Å². The first kappa shape index (κ1) is 20.2. The number of rotatable bonds is 3. The summed E-state index contributed by atoms with van der Waals surface area (Å²) < 4.78 is 0. The summed E-state index contributed by atoms with van der Waals surface area (Å²) in [5.74, 6) is 0. The van der Waals surface area contributed by atoms with Crippen LogP contribution in [0.3, 0.4) is 0 Å². The van der Waals surface area contributed by atoms with E-state index < -0.39 is 0 Å². The van der Waals surface area contributed by atoms with Crippen molar-refractivity contribution in [2.75, 3.05) is 0 Å². The van der Waals surface area contributed by atoms with Gasteiger partial charge < -0.3 is 0 Å². The molecule has 149 valence electrons. The molecule has 0 amide bonds. The molecule has 0 heteroatoms. The molecule has 4 aromatic rings. The molecule has 30 heavy (non-hydrogen) atoms. The maximum Gasteiger partial charge on any atom is -0.00176 e. The fourth-order valence-electron chi connectivity index (χ4n) is 4.52. The summed E-state index contributed by atoms with van der Waals surface area (Å²) in [6, 6.07) is 28.1. The number of hydrogen-bond donors (Lipinski definition) is 0. The zero-order valence-electron chi connectivity index (χ0n) is 18.9. The van der Waals surface area contributed by atoms with Crippen LogP contribution in [0.1, 0.15) is 33.4 Å². The molecule has 0 aliphatic carbocycles. The lowest BCUT2D eigenvalue weighted by molar-refractivity contribution is 1.35. The van der Waals surface area contributed by atoms with E-state index in [0.29, 0.717) is 0 Å². The SMILES string of the molecule is Cc1ccc(-c2[c]ccc(-c3ccc(C)cc3C)c2-c2ccc(C)cc2C)c(C)c1. The first-order chi connectivity index (χ1) is 14.3. The van der Waals surface area contributed by atoms with Gasteiger partial charge in [0.25, 0.3) is 0 Å². The summed E-state index contributed by atoms with van der Waals surface area (Å²) in [5, 5.41) is 0. The molecule has 0 heterocycles. The van der Waals surface area contributed by atoms with Crippen molar-refractivity contribution in [1.82, 2.24) is 0 Å². The molecule has 4 aromatic carbocycles. The number of aryl methyl sites for hydroxylation is 6. The largest absolute Gasteiger partial charge is 0.0587 e. The maximum atomic E-state index is 3.59. The van der Waals surface area contributed by atoms with Crippen LogP contribution >= 0.6 is 0 Å². The minimum absolute atomic E-state index is 1.18. The van der Waals surface area contributed by atoms with Gasteiger partial charge in [0.15, 0.2) is 0 Å². The summed E-state index contributed by atoms with van der Waals surface area (Å²) in [6.07, 6.45) is 0. The monoisotopic (exact) mass is 389 g/mol. The molecule has 0 aromatic heterocycles. The van der Waals surface area contributed by atoms with Gasteiger partial charge in [-0.2, -0.15) is 0 Å². The Hall–Kier alpha value is -3.12. The van der Waals surface area contributed by atoms with Crippen LogP contribution in [-0.2, 0) is 0 Å². The Kier molecular flexibility index (Phi) is 5.35. The van der Waals surface area contributed by atoms with E-state index in [4.69, 9.17) is 0 Å². The van der Waals surface area contributed by atoms with E-state index in [1.807, 2.05) is 0 Å². The van der Waals surface area contributed by atoms with E-state index in [1.54, 1.807) is 0 Å². The Labute approximate surface area is 181 Å². The van der Waals surface area contributed by atoms with Crippen LogP contribution in [0, 0.1) is 47.6 Å². The molecule has 0 aliphatic heterocycles. The van der Waals surface area contributed by atoms with Crippen molar-refractivity contribution in [3.8, 4) is 33.4 Å². The molecule has 0 saturated carbocycles. The minimum Gasteiger partial charge on any atom is -0.0587 e. The maximum absolute atomic E-state index is 3.59. The van der Waals surface area contributed by atoms with Crippen LogP contribution in [-0.4, -0.2) is 0 Å². The van der Waals surface area contributed by atoms with Crippen LogP contribution in [0.15, 0.2) is 66.7 Å². The van der Waals surface area contributed by atoms with Crippen LogP contribution < -0.4 is 0 Å². The van der Waals surface area contributed by atoms with Gasteiger partial charge in [-0.25, -0.2) is 0 Å². The predicted octanol–water partition coefficient (Wildman–Crippen LogP) is 8.34. The standard InChI is InChI=1S/C30H29/c1-19-10-13-25(22(4)16-19)28-8-7-9-29(26-14-11-20(2)17-23(26)5)30(28)27-15-12-21(3)18-24(27)6/h7-8,10-18H,1-6H3. The molecule has 0 N–H and O–H groups in total. The first-order valence-corrected chi connectivity index (χ1v) is 10.6. The van der Waals surface area contributed by atoms with Crippen molar-refractivity contribution in [2.24, 2.45) is 0 Å². The fraction of sp³-hybridized carbons (Fsp3) is 0.200. The molecule has 0 atom stereocenters. The molecular formula is C30H29. The quantitative estimate of drug-likeness (QED) is 0.330. The van der Waals surface area contributed by atoms with E-state index in [2.05, 4.69) is 114 Å². The molecule has 0 spiro atoms. The average molecular weight is 390 g/mol. The Morgan fingerprint density at radius 1 is 0.467 bits per heavy atom. The second-order valence-corrected chi connectivity index (χ2v) is 8.60. The van der Waals surface area contributed by atoms with Crippen LogP contribution in [0.4, 0.5) is 0 Å². The Morgan fingerprint density at radius 2 is 0.933 bits per heavy atom. The third-order valence-electron chi connectivity index (χ3n) is 5.97. The fourth-order valence-corrected chi connectivity index (χ4v) is 4.52. The first-order valence-electron chi connectivity index (χ1n) is 10.6. The topological polar surface area (TPSA) is 0 Å². The average Bonchev–Trinajstić information content (AvgIpc) is 2.68. The molecule has 4 rings (SSSR count). The zero-order valence-corrected chi connectivity index (χ0v) is 18.9. The highest BCUT2D eigenvalue weighted by molar-refractivity contribution is 5.96.